The third-order valence-electron chi connectivity index (χ3n) is 3.88. The number of hydrogen-bond donors (Lipinski definition) is 1. The first-order chi connectivity index (χ1) is 8.65. The number of amides is 1. The lowest BCUT2D eigenvalue weighted by Crippen LogP contribution is -2.60. The van der Waals surface area contributed by atoms with Crippen molar-refractivity contribution in [1.82, 2.24) is 4.90 Å². The maximum Gasteiger partial charge on any atom is 0.242 e. The molecular weight excluding hydrogens is 232 g/mol. The highest BCUT2D eigenvalue weighted by Crippen LogP contribution is 2.23. The minimum absolute atomic E-state index is 0.0789. The topological polar surface area (TPSA) is 64.8 Å². The number of likely N-dealkylation sites (tertiary alicyclic amines) is 1. The van der Waals surface area contributed by atoms with Crippen LogP contribution in [-0.4, -0.2) is 55.4 Å². The molecule has 0 aromatic carbocycles. The van der Waals surface area contributed by atoms with Crippen LogP contribution in [-0.2, 0) is 14.3 Å². The minimum atomic E-state index is -0.716. The number of hydrogen-bond acceptors (Lipinski definition) is 4. The highest BCUT2D eigenvalue weighted by Gasteiger charge is 2.40. The van der Waals surface area contributed by atoms with Crippen LogP contribution in [0.15, 0.2) is 0 Å². The number of nitrogens with two attached hydrogens (primary N) is 1. The van der Waals surface area contributed by atoms with E-state index in [0.29, 0.717) is 39.2 Å². The Balaban J connectivity index is 1.95. The van der Waals surface area contributed by atoms with Crippen molar-refractivity contribution in [3.8, 4) is 0 Å². The summed E-state index contributed by atoms with van der Waals surface area (Å²) in [6.07, 6.45) is 3.47. The standard InChI is InChI=1S/C13H24N2O3/c1-2-18-11-4-3-7-15(10-11)12(16)13(14)5-8-17-9-6-13/h11H,2-10,14H2,1H3. The Kier molecular flexibility index (Phi) is 4.59. The van der Waals surface area contributed by atoms with E-state index >= 15 is 0 Å². The fraction of sp³-hybridized carbons (Fsp3) is 0.923. The molecule has 104 valence electrons. The second-order valence-corrected chi connectivity index (χ2v) is 5.24. The summed E-state index contributed by atoms with van der Waals surface area (Å²) in [5.74, 6) is 0.0789. The number of nitrogens with zero attached hydrogens (tertiary/aromatic N) is 1. The Morgan fingerprint density at radius 2 is 2.22 bits per heavy atom. The van der Waals surface area contributed by atoms with Gasteiger partial charge in [-0.1, -0.05) is 0 Å². The second-order valence-electron chi connectivity index (χ2n) is 5.24. The normalized spacial score (nSPS) is 28.1. The Hall–Kier alpha value is -0.650. The van der Waals surface area contributed by atoms with Crippen molar-refractivity contribution in [1.29, 1.82) is 0 Å². The van der Waals surface area contributed by atoms with Gasteiger partial charge in [-0.2, -0.15) is 0 Å². The summed E-state index contributed by atoms with van der Waals surface area (Å²) in [5, 5.41) is 0. The zero-order chi connectivity index (χ0) is 13.0. The summed E-state index contributed by atoms with van der Waals surface area (Å²) < 4.78 is 10.9. The maximum atomic E-state index is 12.5. The monoisotopic (exact) mass is 256 g/mol. The molecule has 2 aliphatic heterocycles. The van der Waals surface area contributed by atoms with Crippen molar-refractivity contribution in [2.24, 2.45) is 5.73 Å². The molecule has 0 spiro atoms. The molecule has 2 aliphatic rings. The van der Waals surface area contributed by atoms with Crippen LogP contribution in [0.2, 0.25) is 0 Å². The molecule has 0 aromatic heterocycles. The summed E-state index contributed by atoms with van der Waals surface area (Å²) in [4.78, 5) is 14.4. The SMILES string of the molecule is CCOC1CCCN(C(=O)C2(N)CCOCC2)C1. The molecule has 0 radical (unpaired) electrons. The lowest BCUT2D eigenvalue weighted by Gasteiger charge is -2.40. The average Bonchev–Trinajstić information content (AvgIpc) is 2.39. The van der Waals surface area contributed by atoms with Crippen LogP contribution in [0.1, 0.15) is 32.6 Å². The van der Waals surface area contributed by atoms with Gasteiger partial charge in [-0.3, -0.25) is 4.79 Å². The predicted molar refractivity (Wildman–Crippen MR) is 68.2 cm³/mol. The Morgan fingerprint density at radius 3 is 2.89 bits per heavy atom. The molecule has 2 rings (SSSR count). The molecule has 5 nitrogen and oxygen atoms in total. The van der Waals surface area contributed by atoms with E-state index in [4.69, 9.17) is 15.2 Å². The van der Waals surface area contributed by atoms with Gasteiger partial charge in [0.25, 0.3) is 0 Å². The van der Waals surface area contributed by atoms with Crippen molar-refractivity contribution in [2.45, 2.75) is 44.2 Å². The zero-order valence-corrected chi connectivity index (χ0v) is 11.2. The fourth-order valence-corrected chi connectivity index (χ4v) is 2.76. The molecule has 0 aromatic rings. The second kappa shape index (κ2) is 5.99. The zero-order valence-electron chi connectivity index (χ0n) is 11.2. The van der Waals surface area contributed by atoms with Crippen LogP contribution in [0.4, 0.5) is 0 Å². The van der Waals surface area contributed by atoms with Gasteiger partial charge in [0.1, 0.15) is 0 Å². The number of piperidine rings is 1. The van der Waals surface area contributed by atoms with Gasteiger partial charge in [-0.25, -0.2) is 0 Å². The van der Waals surface area contributed by atoms with E-state index in [1.54, 1.807) is 0 Å². The molecule has 0 saturated carbocycles. The maximum absolute atomic E-state index is 12.5. The first-order valence-corrected chi connectivity index (χ1v) is 6.93. The Morgan fingerprint density at radius 1 is 1.50 bits per heavy atom. The fourth-order valence-electron chi connectivity index (χ4n) is 2.76. The summed E-state index contributed by atoms with van der Waals surface area (Å²) in [5.41, 5.74) is 5.52. The average molecular weight is 256 g/mol. The van der Waals surface area contributed by atoms with E-state index in [1.807, 2.05) is 11.8 Å². The van der Waals surface area contributed by atoms with Crippen LogP contribution in [0, 0.1) is 0 Å². The number of carbonyl (C=O) groups is 1. The Bertz CT molecular complexity index is 288. The van der Waals surface area contributed by atoms with Gasteiger partial charge in [-0.15, -0.1) is 0 Å². The molecule has 18 heavy (non-hydrogen) atoms. The molecule has 0 bridgehead atoms. The van der Waals surface area contributed by atoms with Gasteiger partial charge in [0, 0.05) is 32.9 Å². The quantitative estimate of drug-likeness (QED) is 0.799. The molecular formula is C13H24N2O3. The van der Waals surface area contributed by atoms with Crippen molar-refractivity contribution in [2.75, 3.05) is 32.9 Å². The van der Waals surface area contributed by atoms with E-state index in [2.05, 4.69) is 0 Å². The molecule has 0 aliphatic carbocycles. The van der Waals surface area contributed by atoms with Crippen LogP contribution in [0.25, 0.3) is 0 Å². The van der Waals surface area contributed by atoms with Crippen LogP contribution >= 0.6 is 0 Å². The van der Waals surface area contributed by atoms with E-state index in [-0.39, 0.29) is 12.0 Å². The van der Waals surface area contributed by atoms with E-state index in [0.717, 1.165) is 19.4 Å². The van der Waals surface area contributed by atoms with Crippen LogP contribution < -0.4 is 5.73 Å². The third kappa shape index (κ3) is 3.02. The molecule has 5 heteroatoms. The van der Waals surface area contributed by atoms with Crippen molar-refractivity contribution in [3.63, 3.8) is 0 Å². The van der Waals surface area contributed by atoms with Gasteiger partial charge < -0.3 is 20.1 Å². The summed E-state index contributed by atoms with van der Waals surface area (Å²) in [7, 11) is 0. The van der Waals surface area contributed by atoms with Crippen LogP contribution in [0.5, 0.6) is 0 Å². The predicted octanol–water partition coefficient (Wildman–Crippen LogP) is 0.522. The smallest absolute Gasteiger partial charge is 0.242 e. The summed E-state index contributed by atoms with van der Waals surface area (Å²) in [6, 6.07) is 0. The van der Waals surface area contributed by atoms with Crippen LogP contribution in [0.3, 0.4) is 0 Å². The number of ether oxygens (including phenoxy) is 2. The van der Waals surface area contributed by atoms with Gasteiger partial charge in [0.05, 0.1) is 11.6 Å². The lowest BCUT2D eigenvalue weighted by molar-refractivity contribution is -0.144. The van der Waals surface area contributed by atoms with Crippen molar-refractivity contribution in [3.05, 3.63) is 0 Å². The van der Waals surface area contributed by atoms with E-state index in [9.17, 15) is 4.79 Å². The molecule has 1 unspecified atom stereocenters. The first kappa shape index (κ1) is 13.8. The summed E-state index contributed by atoms with van der Waals surface area (Å²) in [6.45, 7) is 5.36. The van der Waals surface area contributed by atoms with Gasteiger partial charge in [0.2, 0.25) is 5.91 Å². The third-order valence-corrected chi connectivity index (χ3v) is 3.88. The molecule has 2 saturated heterocycles. The minimum Gasteiger partial charge on any atom is -0.381 e. The number of carbonyl (C=O) groups excluding carboxylic acids is 1. The van der Waals surface area contributed by atoms with Crippen molar-refractivity contribution >= 4 is 5.91 Å². The molecule has 2 fully saturated rings. The molecule has 1 atom stereocenters. The molecule has 1 amide bonds. The Labute approximate surface area is 109 Å². The largest absolute Gasteiger partial charge is 0.381 e. The molecule has 2 N–H and O–H groups in total. The van der Waals surface area contributed by atoms with Gasteiger partial charge >= 0.3 is 0 Å². The highest BCUT2D eigenvalue weighted by atomic mass is 16.5. The van der Waals surface area contributed by atoms with E-state index < -0.39 is 5.54 Å². The van der Waals surface area contributed by atoms with Gasteiger partial charge in [-0.05, 0) is 32.6 Å². The summed E-state index contributed by atoms with van der Waals surface area (Å²) >= 11 is 0. The lowest BCUT2D eigenvalue weighted by atomic mass is 9.89. The number of rotatable bonds is 3. The first-order valence-electron chi connectivity index (χ1n) is 6.93. The molecule has 2 heterocycles. The highest BCUT2D eigenvalue weighted by molar-refractivity contribution is 5.86. The van der Waals surface area contributed by atoms with Crippen molar-refractivity contribution < 1.29 is 14.3 Å². The van der Waals surface area contributed by atoms with Gasteiger partial charge in [0.15, 0.2) is 0 Å². The van der Waals surface area contributed by atoms with E-state index in [1.165, 1.54) is 0 Å².